The first-order valence-electron chi connectivity index (χ1n) is 4.81. The van der Waals surface area contributed by atoms with Crippen molar-refractivity contribution in [3.05, 3.63) is 20.2 Å². The van der Waals surface area contributed by atoms with Crippen molar-refractivity contribution >= 4 is 39.7 Å². The molecule has 16 heavy (non-hydrogen) atoms. The fourth-order valence-electron chi connectivity index (χ4n) is 1.30. The van der Waals surface area contributed by atoms with Crippen LogP contribution < -0.4 is 5.73 Å². The highest BCUT2D eigenvalue weighted by molar-refractivity contribution is 14.1. The molecular weight excluding hydrogens is 335 g/mol. The number of nitrogens with two attached hydrogens (primary N) is 1. The van der Waals surface area contributed by atoms with E-state index in [-0.39, 0.29) is 0 Å². The Morgan fingerprint density at radius 2 is 2.12 bits per heavy atom. The fourth-order valence-corrected chi connectivity index (χ4v) is 2.70. The SMILES string of the molecule is CC(C)c1nc(-c2cscn2)nc(N)c1I. The number of halogens is 1. The zero-order valence-electron chi connectivity index (χ0n) is 8.94. The lowest BCUT2D eigenvalue weighted by Crippen LogP contribution is -2.06. The lowest BCUT2D eigenvalue weighted by molar-refractivity contribution is 0.809. The molecular formula is C10H11IN4S. The Morgan fingerprint density at radius 1 is 1.38 bits per heavy atom. The van der Waals surface area contributed by atoms with Crippen molar-refractivity contribution in [2.75, 3.05) is 5.73 Å². The summed E-state index contributed by atoms with van der Waals surface area (Å²) in [5.41, 5.74) is 9.42. The highest BCUT2D eigenvalue weighted by Crippen LogP contribution is 2.26. The minimum absolute atomic E-state index is 0.328. The molecule has 0 atom stereocenters. The summed E-state index contributed by atoms with van der Waals surface area (Å²) < 4.78 is 0.937. The summed E-state index contributed by atoms with van der Waals surface area (Å²) in [4.78, 5) is 13.0. The van der Waals surface area contributed by atoms with Gasteiger partial charge < -0.3 is 5.73 Å². The zero-order chi connectivity index (χ0) is 11.7. The number of aromatic nitrogens is 3. The van der Waals surface area contributed by atoms with Crippen LogP contribution in [0.4, 0.5) is 5.82 Å². The van der Waals surface area contributed by atoms with Crippen molar-refractivity contribution in [3.63, 3.8) is 0 Å². The molecule has 0 aliphatic rings. The van der Waals surface area contributed by atoms with Gasteiger partial charge in [-0.15, -0.1) is 11.3 Å². The van der Waals surface area contributed by atoms with E-state index in [1.54, 1.807) is 5.51 Å². The number of hydrogen-bond acceptors (Lipinski definition) is 5. The number of hydrogen-bond donors (Lipinski definition) is 1. The molecule has 0 aliphatic heterocycles. The van der Waals surface area contributed by atoms with E-state index in [0.29, 0.717) is 17.6 Å². The van der Waals surface area contributed by atoms with Gasteiger partial charge in [-0.1, -0.05) is 13.8 Å². The minimum Gasteiger partial charge on any atom is -0.383 e. The van der Waals surface area contributed by atoms with Crippen LogP contribution in [-0.4, -0.2) is 15.0 Å². The Hall–Kier alpha value is -0.760. The summed E-state index contributed by atoms with van der Waals surface area (Å²) in [5, 5.41) is 1.92. The summed E-state index contributed by atoms with van der Waals surface area (Å²) in [5.74, 6) is 1.47. The first-order valence-corrected chi connectivity index (χ1v) is 6.83. The zero-order valence-corrected chi connectivity index (χ0v) is 11.9. The average molecular weight is 346 g/mol. The molecule has 2 aromatic heterocycles. The maximum Gasteiger partial charge on any atom is 0.181 e. The van der Waals surface area contributed by atoms with E-state index in [1.807, 2.05) is 5.38 Å². The predicted molar refractivity (Wildman–Crippen MR) is 74.4 cm³/mol. The van der Waals surface area contributed by atoms with Crippen LogP contribution in [0.3, 0.4) is 0 Å². The molecule has 0 bridgehead atoms. The van der Waals surface area contributed by atoms with Gasteiger partial charge in [0.05, 0.1) is 14.8 Å². The fraction of sp³-hybridized carbons (Fsp3) is 0.300. The molecule has 84 valence electrons. The molecule has 2 aromatic rings. The van der Waals surface area contributed by atoms with Crippen molar-refractivity contribution in [1.82, 2.24) is 15.0 Å². The van der Waals surface area contributed by atoms with Crippen LogP contribution in [0.2, 0.25) is 0 Å². The molecule has 4 nitrogen and oxygen atoms in total. The van der Waals surface area contributed by atoms with Gasteiger partial charge in [-0.25, -0.2) is 15.0 Å². The molecule has 2 rings (SSSR count). The van der Waals surface area contributed by atoms with Crippen molar-refractivity contribution in [3.8, 4) is 11.5 Å². The van der Waals surface area contributed by atoms with Gasteiger partial charge in [-0.05, 0) is 28.5 Å². The molecule has 0 aromatic carbocycles. The maximum absolute atomic E-state index is 5.88. The molecule has 0 saturated heterocycles. The molecule has 0 radical (unpaired) electrons. The second-order valence-corrected chi connectivity index (χ2v) is 5.46. The van der Waals surface area contributed by atoms with Crippen LogP contribution in [-0.2, 0) is 0 Å². The van der Waals surface area contributed by atoms with Crippen LogP contribution in [0.15, 0.2) is 10.9 Å². The molecule has 0 saturated carbocycles. The maximum atomic E-state index is 5.88. The van der Waals surface area contributed by atoms with E-state index in [1.165, 1.54) is 11.3 Å². The summed E-state index contributed by atoms with van der Waals surface area (Å²) in [6.45, 7) is 4.18. The van der Waals surface area contributed by atoms with Crippen LogP contribution in [0.5, 0.6) is 0 Å². The normalized spacial score (nSPS) is 11.0. The van der Waals surface area contributed by atoms with Gasteiger partial charge in [-0.3, -0.25) is 0 Å². The third kappa shape index (κ3) is 2.17. The Balaban J connectivity index is 2.57. The van der Waals surface area contributed by atoms with Crippen molar-refractivity contribution in [1.29, 1.82) is 0 Å². The lowest BCUT2D eigenvalue weighted by Gasteiger charge is -2.10. The summed E-state index contributed by atoms with van der Waals surface area (Å²) >= 11 is 3.71. The van der Waals surface area contributed by atoms with Crippen LogP contribution in [0.25, 0.3) is 11.5 Å². The minimum atomic E-state index is 0.328. The van der Waals surface area contributed by atoms with Crippen LogP contribution >= 0.6 is 33.9 Å². The average Bonchev–Trinajstić information content (AvgIpc) is 2.74. The van der Waals surface area contributed by atoms with E-state index in [4.69, 9.17) is 5.73 Å². The predicted octanol–water partition coefficient (Wildman–Crippen LogP) is 2.91. The number of anilines is 1. The van der Waals surface area contributed by atoms with Gasteiger partial charge in [-0.2, -0.15) is 0 Å². The third-order valence-corrected chi connectivity index (χ3v) is 3.80. The quantitative estimate of drug-likeness (QED) is 0.850. The summed E-state index contributed by atoms with van der Waals surface area (Å²) in [6, 6.07) is 0. The van der Waals surface area contributed by atoms with Crippen molar-refractivity contribution in [2.45, 2.75) is 19.8 Å². The van der Waals surface area contributed by atoms with Gasteiger partial charge in [0.15, 0.2) is 5.82 Å². The second kappa shape index (κ2) is 4.62. The van der Waals surface area contributed by atoms with E-state index in [2.05, 4.69) is 51.4 Å². The van der Waals surface area contributed by atoms with E-state index in [0.717, 1.165) is 15.0 Å². The lowest BCUT2D eigenvalue weighted by atomic mass is 10.1. The Kier molecular flexibility index (Phi) is 3.38. The van der Waals surface area contributed by atoms with E-state index < -0.39 is 0 Å². The molecule has 2 heterocycles. The number of nitrogens with zero attached hydrogens (tertiary/aromatic N) is 3. The van der Waals surface area contributed by atoms with Gasteiger partial charge in [0.1, 0.15) is 11.5 Å². The summed E-state index contributed by atoms with van der Waals surface area (Å²) in [6.07, 6.45) is 0. The van der Waals surface area contributed by atoms with Crippen molar-refractivity contribution in [2.24, 2.45) is 0 Å². The monoisotopic (exact) mass is 346 g/mol. The Morgan fingerprint density at radius 3 is 2.69 bits per heavy atom. The smallest absolute Gasteiger partial charge is 0.181 e. The first kappa shape index (κ1) is 11.7. The largest absolute Gasteiger partial charge is 0.383 e. The van der Waals surface area contributed by atoms with Crippen LogP contribution in [0, 0.1) is 3.57 Å². The molecule has 6 heteroatoms. The van der Waals surface area contributed by atoms with Gasteiger partial charge >= 0.3 is 0 Å². The Labute approximate surface area is 111 Å². The number of thiazole rings is 1. The molecule has 2 N–H and O–H groups in total. The van der Waals surface area contributed by atoms with Crippen LogP contribution in [0.1, 0.15) is 25.5 Å². The Bertz CT molecular complexity index is 496. The highest BCUT2D eigenvalue weighted by Gasteiger charge is 2.14. The number of nitrogen functional groups attached to an aromatic ring is 1. The van der Waals surface area contributed by atoms with Crippen molar-refractivity contribution < 1.29 is 0 Å². The molecule has 0 amide bonds. The molecule has 0 fully saturated rings. The topological polar surface area (TPSA) is 64.7 Å². The van der Waals surface area contributed by atoms with Gasteiger partial charge in [0.2, 0.25) is 0 Å². The molecule has 0 spiro atoms. The van der Waals surface area contributed by atoms with E-state index in [9.17, 15) is 0 Å². The second-order valence-electron chi connectivity index (χ2n) is 3.66. The van der Waals surface area contributed by atoms with Gasteiger partial charge in [0, 0.05) is 5.38 Å². The van der Waals surface area contributed by atoms with Gasteiger partial charge in [0.25, 0.3) is 0 Å². The first-order chi connectivity index (χ1) is 7.59. The third-order valence-electron chi connectivity index (χ3n) is 2.11. The summed E-state index contributed by atoms with van der Waals surface area (Å²) in [7, 11) is 0. The number of rotatable bonds is 2. The van der Waals surface area contributed by atoms with E-state index >= 15 is 0 Å². The standard InChI is InChI=1S/C10H11IN4S/c1-5(2)8-7(11)9(12)15-10(14-8)6-3-16-4-13-6/h3-5H,1-2H3,(H2,12,14,15). The molecule has 0 aliphatic carbocycles. The highest BCUT2D eigenvalue weighted by atomic mass is 127. The molecule has 0 unspecified atom stereocenters.